The molecule has 0 aromatic rings. The van der Waals surface area contributed by atoms with E-state index in [0.717, 1.165) is 13.2 Å². The highest BCUT2D eigenvalue weighted by Crippen LogP contribution is 2.13. The van der Waals surface area contributed by atoms with Crippen molar-refractivity contribution in [3.8, 4) is 0 Å². The first kappa shape index (κ1) is 7.03. The van der Waals surface area contributed by atoms with E-state index >= 15 is 0 Å². The zero-order valence-electron chi connectivity index (χ0n) is 5.97. The van der Waals surface area contributed by atoms with Crippen molar-refractivity contribution >= 4 is 0 Å². The van der Waals surface area contributed by atoms with Gasteiger partial charge in [0, 0.05) is 12.7 Å². The third-order valence-corrected chi connectivity index (χ3v) is 1.66. The molecule has 1 heterocycles. The predicted octanol–water partition coefficient (Wildman–Crippen LogP) is 1.56. The summed E-state index contributed by atoms with van der Waals surface area (Å²) < 4.78 is 5.42. The lowest BCUT2D eigenvalue weighted by molar-refractivity contribution is 0.0258. The quantitative estimate of drug-likeness (QED) is 0.553. The molecule has 54 valence electrons. The molecule has 1 atom stereocenters. The van der Waals surface area contributed by atoms with Crippen molar-refractivity contribution < 1.29 is 4.74 Å². The number of rotatable bonds is 2. The van der Waals surface area contributed by atoms with Gasteiger partial charge in [0.1, 0.15) is 0 Å². The zero-order valence-corrected chi connectivity index (χ0v) is 5.97. The molecule has 1 rings (SSSR count). The lowest BCUT2D eigenvalue weighted by atomic mass is 10.1. The lowest BCUT2D eigenvalue weighted by Gasteiger charge is -2.27. The minimum absolute atomic E-state index is 0.434. The molecule has 0 aliphatic carbocycles. The van der Waals surface area contributed by atoms with Crippen LogP contribution < -0.4 is 0 Å². The minimum atomic E-state index is 0.434. The van der Waals surface area contributed by atoms with Crippen molar-refractivity contribution in [1.82, 2.24) is 0 Å². The predicted molar refractivity (Wildman–Crippen MR) is 37.7 cm³/mol. The molecule has 0 radical (unpaired) electrons. The fourth-order valence-electron chi connectivity index (χ4n) is 1.16. The Balaban J connectivity index is 2.08. The van der Waals surface area contributed by atoms with Crippen molar-refractivity contribution in [3.63, 3.8) is 0 Å². The van der Waals surface area contributed by atoms with Crippen molar-refractivity contribution in [2.75, 3.05) is 20.2 Å². The Morgan fingerprint density at radius 2 is 2.44 bits per heavy atom. The number of likely N-dealkylation sites (N-methyl/N-ethyl adjacent to an activating group) is 1. The van der Waals surface area contributed by atoms with Gasteiger partial charge in [-0.25, -0.2) is 0 Å². The van der Waals surface area contributed by atoms with Gasteiger partial charge in [-0.3, -0.25) is 0 Å². The van der Waals surface area contributed by atoms with Gasteiger partial charge in [-0.2, -0.15) is 7.05 Å². The topological polar surface area (TPSA) is 23.3 Å². The van der Waals surface area contributed by atoms with Crippen LogP contribution in [0.2, 0.25) is 0 Å². The monoisotopic (exact) mass is 128 g/mol. The third kappa shape index (κ3) is 2.33. The average molecular weight is 128 g/mol. The average Bonchev–Trinajstić information content (AvgIpc) is 1.91. The van der Waals surface area contributed by atoms with Crippen molar-refractivity contribution in [3.05, 3.63) is 5.32 Å². The van der Waals surface area contributed by atoms with E-state index in [1.165, 1.54) is 19.3 Å². The van der Waals surface area contributed by atoms with E-state index in [2.05, 4.69) is 5.32 Å². The minimum Gasteiger partial charge on any atom is -0.663 e. The van der Waals surface area contributed by atoms with Crippen LogP contribution in [0.5, 0.6) is 0 Å². The normalized spacial score (nSPS) is 28.3. The Bertz CT molecular complexity index is 66.6. The van der Waals surface area contributed by atoms with E-state index in [1.807, 2.05) is 7.05 Å². The maximum atomic E-state index is 5.42. The van der Waals surface area contributed by atoms with Gasteiger partial charge in [-0.1, -0.05) is 0 Å². The van der Waals surface area contributed by atoms with Gasteiger partial charge in [0.05, 0.1) is 0 Å². The van der Waals surface area contributed by atoms with Crippen LogP contribution in [-0.4, -0.2) is 26.3 Å². The summed E-state index contributed by atoms with van der Waals surface area (Å²) in [6.07, 6.45) is 4.20. The molecular weight excluding hydrogens is 114 g/mol. The van der Waals surface area contributed by atoms with Gasteiger partial charge >= 0.3 is 0 Å². The zero-order chi connectivity index (χ0) is 6.53. The molecule has 1 aliphatic rings. The maximum absolute atomic E-state index is 5.42. The van der Waals surface area contributed by atoms with E-state index in [1.54, 1.807) is 0 Å². The molecule has 1 aliphatic heterocycles. The van der Waals surface area contributed by atoms with Crippen molar-refractivity contribution in [2.24, 2.45) is 0 Å². The Labute approximate surface area is 56.6 Å². The molecule has 0 aromatic heterocycles. The van der Waals surface area contributed by atoms with Crippen LogP contribution in [0.4, 0.5) is 0 Å². The summed E-state index contributed by atoms with van der Waals surface area (Å²) in [5.74, 6) is 0. The van der Waals surface area contributed by atoms with Crippen LogP contribution in [-0.2, 0) is 4.74 Å². The van der Waals surface area contributed by atoms with Crippen LogP contribution in [0.25, 0.3) is 5.32 Å². The molecule has 1 fully saturated rings. The lowest BCUT2D eigenvalue weighted by Crippen LogP contribution is -2.21. The molecule has 9 heavy (non-hydrogen) atoms. The maximum Gasteiger partial charge on any atom is 0.0468 e. The Morgan fingerprint density at radius 3 is 3.00 bits per heavy atom. The van der Waals surface area contributed by atoms with Crippen LogP contribution in [0.15, 0.2) is 0 Å². The first-order chi connectivity index (χ1) is 4.43. The molecule has 0 spiro atoms. The Morgan fingerprint density at radius 1 is 1.56 bits per heavy atom. The molecule has 0 aromatic carbocycles. The molecule has 0 N–H and O–H groups in total. The highest BCUT2D eigenvalue weighted by molar-refractivity contribution is 4.78. The number of hydrogen-bond donors (Lipinski definition) is 0. The van der Waals surface area contributed by atoms with Crippen molar-refractivity contribution in [2.45, 2.75) is 25.4 Å². The SMILES string of the molecule is C[N-]CC1CCCCO1. The summed E-state index contributed by atoms with van der Waals surface area (Å²) in [4.78, 5) is 0. The summed E-state index contributed by atoms with van der Waals surface area (Å²) in [7, 11) is 1.85. The fourth-order valence-corrected chi connectivity index (χ4v) is 1.16. The molecule has 1 saturated heterocycles. The number of ether oxygens (including phenoxy) is 1. The Hall–Kier alpha value is -0.0800. The summed E-state index contributed by atoms with van der Waals surface area (Å²) in [5.41, 5.74) is 0. The van der Waals surface area contributed by atoms with E-state index in [4.69, 9.17) is 4.74 Å². The van der Waals surface area contributed by atoms with E-state index in [0.29, 0.717) is 6.10 Å². The van der Waals surface area contributed by atoms with Crippen LogP contribution >= 0.6 is 0 Å². The molecule has 0 saturated carbocycles. The summed E-state index contributed by atoms with van der Waals surface area (Å²) in [5, 5.41) is 4.03. The Kier molecular flexibility index (Phi) is 3.01. The van der Waals surface area contributed by atoms with Gasteiger partial charge in [-0.05, 0) is 19.3 Å². The first-order valence-electron chi connectivity index (χ1n) is 3.60. The van der Waals surface area contributed by atoms with Crippen LogP contribution in [0, 0.1) is 0 Å². The van der Waals surface area contributed by atoms with Gasteiger partial charge in [0.25, 0.3) is 0 Å². The molecule has 0 bridgehead atoms. The fraction of sp³-hybridized carbons (Fsp3) is 1.00. The molecule has 2 heteroatoms. The van der Waals surface area contributed by atoms with Crippen LogP contribution in [0.3, 0.4) is 0 Å². The number of nitrogens with zero attached hydrogens (tertiary/aromatic N) is 1. The van der Waals surface area contributed by atoms with E-state index in [9.17, 15) is 0 Å². The van der Waals surface area contributed by atoms with Gasteiger partial charge < -0.3 is 10.1 Å². The van der Waals surface area contributed by atoms with E-state index in [-0.39, 0.29) is 0 Å². The first-order valence-corrected chi connectivity index (χ1v) is 3.60. The second-order valence-corrected chi connectivity index (χ2v) is 2.49. The summed E-state index contributed by atoms with van der Waals surface area (Å²) in [6, 6.07) is 0. The summed E-state index contributed by atoms with van der Waals surface area (Å²) in [6.45, 7) is 1.83. The second-order valence-electron chi connectivity index (χ2n) is 2.49. The molecule has 0 amide bonds. The van der Waals surface area contributed by atoms with E-state index < -0.39 is 0 Å². The standard InChI is InChI=1S/C7H14NO/c1-8-6-7-4-2-3-5-9-7/h7H,2-6H2,1H3/q-1. The largest absolute Gasteiger partial charge is 0.663 e. The molecular formula is C7H14NO-. The second kappa shape index (κ2) is 3.85. The molecule has 2 nitrogen and oxygen atoms in total. The van der Waals surface area contributed by atoms with Gasteiger partial charge in [0.15, 0.2) is 0 Å². The van der Waals surface area contributed by atoms with Gasteiger partial charge in [0.2, 0.25) is 0 Å². The summed E-state index contributed by atoms with van der Waals surface area (Å²) >= 11 is 0. The highest BCUT2D eigenvalue weighted by Gasteiger charge is 2.08. The van der Waals surface area contributed by atoms with Gasteiger partial charge in [-0.15, -0.1) is 6.54 Å². The third-order valence-electron chi connectivity index (χ3n) is 1.66. The molecule has 1 unspecified atom stereocenters. The highest BCUT2D eigenvalue weighted by atomic mass is 16.5. The van der Waals surface area contributed by atoms with Crippen molar-refractivity contribution in [1.29, 1.82) is 0 Å². The van der Waals surface area contributed by atoms with Crippen LogP contribution in [0.1, 0.15) is 19.3 Å². The number of hydrogen-bond acceptors (Lipinski definition) is 1. The smallest absolute Gasteiger partial charge is 0.0468 e.